The molecule has 2 heteroatoms. The van der Waals surface area contributed by atoms with Crippen molar-refractivity contribution in [3.8, 4) is 5.75 Å². The molecule has 0 aromatic heterocycles. The van der Waals surface area contributed by atoms with E-state index in [4.69, 9.17) is 5.73 Å². The molecule has 0 aliphatic heterocycles. The van der Waals surface area contributed by atoms with Crippen molar-refractivity contribution in [1.82, 2.24) is 0 Å². The predicted octanol–water partition coefficient (Wildman–Crippen LogP) is 2.50. The van der Waals surface area contributed by atoms with Gasteiger partial charge in [-0.1, -0.05) is 26.8 Å². The van der Waals surface area contributed by atoms with E-state index in [9.17, 15) is 5.11 Å². The molecule has 3 N–H and O–H groups in total. The van der Waals surface area contributed by atoms with E-state index in [1.54, 1.807) is 0 Å². The Labute approximate surface area is 92.1 Å². The first-order valence-corrected chi connectivity index (χ1v) is 5.39. The summed E-state index contributed by atoms with van der Waals surface area (Å²) in [6.07, 6.45) is 0.823. The van der Waals surface area contributed by atoms with Crippen molar-refractivity contribution in [1.29, 1.82) is 0 Å². The molecule has 1 aromatic carbocycles. The normalized spacial score (nSPS) is 11.8. The molecule has 0 saturated heterocycles. The summed E-state index contributed by atoms with van der Waals surface area (Å²) < 4.78 is 0. The minimum atomic E-state index is -0.0178. The lowest BCUT2D eigenvalue weighted by Gasteiger charge is -2.22. The van der Waals surface area contributed by atoms with E-state index in [0.29, 0.717) is 12.3 Å². The molecule has 0 bridgehead atoms. The van der Waals surface area contributed by atoms with Gasteiger partial charge in [-0.25, -0.2) is 0 Å². The molecular weight excluding hydrogens is 186 g/mol. The largest absolute Gasteiger partial charge is 0.508 e. The number of aryl methyl sites for hydroxylation is 1. The van der Waals surface area contributed by atoms with Gasteiger partial charge in [0.25, 0.3) is 0 Å². The Morgan fingerprint density at radius 1 is 1.27 bits per heavy atom. The van der Waals surface area contributed by atoms with Gasteiger partial charge in [0, 0.05) is 0 Å². The van der Waals surface area contributed by atoms with Gasteiger partial charge in [-0.05, 0) is 48.1 Å². The van der Waals surface area contributed by atoms with E-state index in [2.05, 4.69) is 33.8 Å². The summed E-state index contributed by atoms with van der Waals surface area (Å²) in [6, 6.07) is 3.92. The third-order valence-corrected chi connectivity index (χ3v) is 2.68. The third-order valence-electron chi connectivity index (χ3n) is 2.68. The van der Waals surface area contributed by atoms with Crippen molar-refractivity contribution in [3.63, 3.8) is 0 Å². The first kappa shape index (κ1) is 12.1. The molecule has 1 aromatic rings. The maximum absolute atomic E-state index is 9.94. The second-order valence-electron chi connectivity index (χ2n) is 5.08. The highest BCUT2D eigenvalue weighted by atomic mass is 16.3. The smallest absolute Gasteiger partial charge is 0.119 e. The lowest BCUT2D eigenvalue weighted by Crippen LogP contribution is -2.13. The molecule has 0 amide bonds. The van der Waals surface area contributed by atoms with Crippen LogP contribution in [0.1, 0.15) is 37.5 Å². The van der Waals surface area contributed by atoms with Crippen LogP contribution < -0.4 is 5.73 Å². The van der Waals surface area contributed by atoms with E-state index in [1.807, 2.05) is 6.07 Å². The number of rotatable bonds is 2. The maximum atomic E-state index is 9.94. The highest BCUT2D eigenvalue weighted by Crippen LogP contribution is 2.32. The fraction of sp³-hybridized carbons (Fsp3) is 0.538. The summed E-state index contributed by atoms with van der Waals surface area (Å²) in [5, 5.41) is 9.94. The highest BCUT2D eigenvalue weighted by molar-refractivity contribution is 5.44. The van der Waals surface area contributed by atoms with Gasteiger partial charge in [0.1, 0.15) is 5.75 Å². The third kappa shape index (κ3) is 2.72. The Bertz CT molecular complexity index is 350. The molecule has 0 heterocycles. The van der Waals surface area contributed by atoms with Crippen LogP contribution in [-0.4, -0.2) is 11.7 Å². The minimum absolute atomic E-state index is 0.0178. The first-order valence-electron chi connectivity index (χ1n) is 5.39. The second kappa shape index (κ2) is 4.23. The molecule has 0 saturated carbocycles. The molecule has 2 nitrogen and oxygen atoms in total. The number of benzene rings is 1. The molecule has 15 heavy (non-hydrogen) atoms. The van der Waals surface area contributed by atoms with Crippen molar-refractivity contribution in [2.75, 3.05) is 6.54 Å². The number of nitrogens with two attached hydrogens (primary N) is 1. The Kier molecular flexibility index (Phi) is 3.40. The fourth-order valence-corrected chi connectivity index (χ4v) is 1.77. The summed E-state index contributed by atoms with van der Waals surface area (Å²) in [5.41, 5.74) is 8.86. The van der Waals surface area contributed by atoms with Gasteiger partial charge in [0.05, 0.1) is 0 Å². The Hall–Kier alpha value is -1.02. The van der Waals surface area contributed by atoms with Crippen LogP contribution >= 0.6 is 0 Å². The van der Waals surface area contributed by atoms with Crippen molar-refractivity contribution in [3.05, 3.63) is 28.8 Å². The zero-order valence-electron chi connectivity index (χ0n) is 10.1. The van der Waals surface area contributed by atoms with Gasteiger partial charge in [-0.2, -0.15) is 0 Å². The first-order chi connectivity index (χ1) is 6.86. The predicted molar refractivity (Wildman–Crippen MR) is 64.3 cm³/mol. The standard InChI is InChI=1S/C13H21NO/c1-9-7-11(13(2,3)4)12(15)8-10(9)5-6-14/h7-8,15H,5-6,14H2,1-4H3. The van der Waals surface area contributed by atoms with Crippen molar-refractivity contribution >= 4 is 0 Å². The summed E-state index contributed by atoms with van der Waals surface area (Å²) in [5.74, 6) is 0.386. The fourth-order valence-electron chi connectivity index (χ4n) is 1.77. The van der Waals surface area contributed by atoms with E-state index in [0.717, 1.165) is 17.5 Å². The lowest BCUT2D eigenvalue weighted by atomic mass is 9.84. The lowest BCUT2D eigenvalue weighted by molar-refractivity contribution is 0.445. The highest BCUT2D eigenvalue weighted by Gasteiger charge is 2.19. The molecule has 0 atom stereocenters. The number of phenolic OH excluding ortho intramolecular Hbond substituents is 1. The zero-order valence-corrected chi connectivity index (χ0v) is 10.1. The second-order valence-corrected chi connectivity index (χ2v) is 5.08. The van der Waals surface area contributed by atoms with E-state index in [-0.39, 0.29) is 5.41 Å². The van der Waals surface area contributed by atoms with E-state index < -0.39 is 0 Å². The molecule has 84 valence electrons. The molecule has 0 aliphatic carbocycles. The van der Waals surface area contributed by atoms with Crippen LogP contribution in [0.4, 0.5) is 0 Å². The molecular formula is C13H21NO. The van der Waals surface area contributed by atoms with Gasteiger partial charge >= 0.3 is 0 Å². The van der Waals surface area contributed by atoms with Gasteiger partial charge in [0.2, 0.25) is 0 Å². The van der Waals surface area contributed by atoms with Crippen LogP contribution in [0.2, 0.25) is 0 Å². The summed E-state index contributed by atoms with van der Waals surface area (Å²) >= 11 is 0. The molecule has 0 fully saturated rings. The summed E-state index contributed by atoms with van der Waals surface area (Å²) in [7, 11) is 0. The van der Waals surface area contributed by atoms with Gasteiger partial charge in [0.15, 0.2) is 0 Å². The Balaban J connectivity index is 3.20. The quantitative estimate of drug-likeness (QED) is 0.782. The van der Waals surface area contributed by atoms with Crippen LogP contribution in [-0.2, 0) is 11.8 Å². The average Bonchev–Trinajstić information content (AvgIpc) is 2.09. The Morgan fingerprint density at radius 3 is 2.33 bits per heavy atom. The SMILES string of the molecule is Cc1cc(C(C)(C)C)c(O)cc1CCN. The molecule has 0 spiro atoms. The van der Waals surface area contributed by atoms with Crippen LogP contribution in [0.5, 0.6) is 5.75 Å². The molecule has 1 rings (SSSR count). The summed E-state index contributed by atoms with van der Waals surface area (Å²) in [6.45, 7) is 8.99. The van der Waals surface area contributed by atoms with E-state index >= 15 is 0 Å². The number of phenols is 1. The topological polar surface area (TPSA) is 46.2 Å². The van der Waals surface area contributed by atoms with Crippen molar-refractivity contribution < 1.29 is 5.11 Å². The van der Waals surface area contributed by atoms with Crippen molar-refractivity contribution in [2.24, 2.45) is 5.73 Å². The number of hydrogen-bond acceptors (Lipinski definition) is 2. The average molecular weight is 207 g/mol. The van der Waals surface area contributed by atoms with Crippen LogP contribution in [0.25, 0.3) is 0 Å². The molecule has 0 aliphatic rings. The van der Waals surface area contributed by atoms with Gasteiger partial charge in [-0.15, -0.1) is 0 Å². The minimum Gasteiger partial charge on any atom is -0.508 e. The monoisotopic (exact) mass is 207 g/mol. The van der Waals surface area contributed by atoms with Crippen LogP contribution in [0.3, 0.4) is 0 Å². The maximum Gasteiger partial charge on any atom is 0.119 e. The van der Waals surface area contributed by atoms with Gasteiger partial charge in [-0.3, -0.25) is 0 Å². The number of aromatic hydroxyl groups is 1. The van der Waals surface area contributed by atoms with Gasteiger partial charge < -0.3 is 10.8 Å². The van der Waals surface area contributed by atoms with Crippen LogP contribution in [0, 0.1) is 6.92 Å². The Morgan fingerprint density at radius 2 is 1.87 bits per heavy atom. The van der Waals surface area contributed by atoms with E-state index in [1.165, 1.54) is 5.56 Å². The van der Waals surface area contributed by atoms with Crippen molar-refractivity contribution in [2.45, 2.75) is 39.5 Å². The van der Waals surface area contributed by atoms with Crippen LogP contribution in [0.15, 0.2) is 12.1 Å². The molecule has 0 radical (unpaired) electrons. The zero-order chi connectivity index (χ0) is 11.6. The molecule has 0 unspecified atom stereocenters. The number of hydrogen-bond donors (Lipinski definition) is 2. The summed E-state index contributed by atoms with van der Waals surface area (Å²) in [4.78, 5) is 0.